The summed E-state index contributed by atoms with van der Waals surface area (Å²) in [4.78, 5) is -1.29. The molecule has 0 amide bonds. The van der Waals surface area contributed by atoms with E-state index in [0.717, 1.165) is 6.07 Å². The van der Waals surface area contributed by atoms with Crippen molar-refractivity contribution in [2.24, 2.45) is 0 Å². The van der Waals surface area contributed by atoms with Crippen LogP contribution in [0.1, 0.15) is 5.56 Å². The van der Waals surface area contributed by atoms with Gasteiger partial charge >= 0.3 is 0 Å². The monoisotopic (exact) mass is 237 g/mol. The van der Waals surface area contributed by atoms with E-state index < -0.39 is 31.1 Å². The van der Waals surface area contributed by atoms with Crippen LogP contribution in [0.15, 0.2) is 17.0 Å². The van der Waals surface area contributed by atoms with Crippen molar-refractivity contribution in [1.29, 1.82) is 5.26 Å². The van der Waals surface area contributed by atoms with Crippen LogP contribution in [0.3, 0.4) is 0 Å². The van der Waals surface area contributed by atoms with E-state index in [0.29, 0.717) is 6.07 Å². The van der Waals surface area contributed by atoms with Gasteiger partial charge in [-0.25, -0.2) is 17.2 Å². The third kappa shape index (κ3) is 1.84. The molecule has 0 heterocycles. The fourth-order valence-electron chi connectivity index (χ4n) is 0.842. The van der Waals surface area contributed by atoms with Gasteiger partial charge in [0.1, 0.15) is 11.9 Å². The molecule has 0 aliphatic heterocycles. The first-order chi connectivity index (χ1) is 6.38. The Balaban J connectivity index is 3.68. The lowest BCUT2D eigenvalue weighted by Crippen LogP contribution is -2.02. The molecule has 14 heavy (non-hydrogen) atoms. The largest absolute Gasteiger partial charge is 0.267 e. The second-order valence-electron chi connectivity index (χ2n) is 2.29. The Hall–Kier alpha value is -1.19. The lowest BCUT2D eigenvalue weighted by molar-refractivity contribution is 0.522. The Kier molecular flexibility index (Phi) is 2.73. The predicted molar refractivity (Wildman–Crippen MR) is 44.1 cm³/mol. The Morgan fingerprint density at radius 2 is 1.93 bits per heavy atom. The molecular weight excluding hydrogens is 236 g/mol. The summed E-state index contributed by atoms with van der Waals surface area (Å²) in [5.74, 6) is -2.79. The van der Waals surface area contributed by atoms with Gasteiger partial charge in [0, 0.05) is 10.7 Å². The van der Waals surface area contributed by atoms with E-state index in [1.54, 1.807) is 0 Å². The van der Waals surface area contributed by atoms with Crippen molar-refractivity contribution in [3.63, 3.8) is 0 Å². The van der Waals surface area contributed by atoms with Gasteiger partial charge in [0.2, 0.25) is 0 Å². The Morgan fingerprint density at radius 1 is 1.36 bits per heavy atom. The van der Waals surface area contributed by atoms with E-state index in [9.17, 15) is 17.2 Å². The van der Waals surface area contributed by atoms with Crippen LogP contribution in [0.4, 0.5) is 8.78 Å². The molecule has 3 nitrogen and oxygen atoms in total. The standard InChI is InChI=1S/C7H2ClF2NO2S/c8-14(12,13)7-5(9)2-1-4(3-11)6(7)10/h1-2H. The summed E-state index contributed by atoms with van der Waals surface area (Å²) < 4.78 is 47.4. The molecule has 74 valence electrons. The topological polar surface area (TPSA) is 57.9 Å². The lowest BCUT2D eigenvalue weighted by atomic mass is 10.2. The molecule has 1 rings (SSSR count). The minimum absolute atomic E-state index is 0.578. The van der Waals surface area contributed by atoms with Crippen molar-refractivity contribution in [3.05, 3.63) is 29.3 Å². The molecule has 0 fully saturated rings. The minimum Gasteiger partial charge on any atom is -0.207 e. The van der Waals surface area contributed by atoms with Crippen molar-refractivity contribution in [2.45, 2.75) is 4.90 Å². The molecule has 0 unspecified atom stereocenters. The number of benzene rings is 1. The molecule has 0 spiro atoms. The molecule has 0 aliphatic rings. The average molecular weight is 238 g/mol. The Bertz CT molecular complexity index is 521. The first kappa shape index (κ1) is 10.9. The molecule has 0 aromatic heterocycles. The highest BCUT2D eigenvalue weighted by Crippen LogP contribution is 2.24. The molecular formula is C7H2ClF2NO2S. The lowest BCUT2D eigenvalue weighted by Gasteiger charge is -2.01. The molecule has 0 radical (unpaired) electrons. The molecule has 1 aromatic carbocycles. The van der Waals surface area contributed by atoms with Crippen LogP contribution in [-0.4, -0.2) is 8.42 Å². The highest BCUT2D eigenvalue weighted by molar-refractivity contribution is 8.13. The van der Waals surface area contributed by atoms with Gasteiger partial charge < -0.3 is 0 Å². The van der Waals surface area contributed by atoms with Gasteiger partial charge in [-0.3, -0.25) is 0 Å². The highest BCUT2D eigenvalue weighted by Gasteiger charge is 2.24. The number of nitriles is 1. The van der Waals surface area contributed by atoms with Crippen LogP contribution in [0, 0.1) is 23.0 Å². The summed E-state index contributed by atoms with van der Waals surface area (Å²) in [6.45, 7) is 0. The predicted octanol–water partition coefficient (Wildman–Crippen LogP) is 1.76. The molecule has 7 heteroatoms. The number of halogens is 3. The van der Waals surface area contributed by atoms with Gasteiger partial charge in [0.15, 0.2) is 10.7 Å². The quantitative estimate of drug-likeness (QED) is 0.700. The van der Waals surface area contributed by atoms with E-state index in [1.165, 1.54) is 6.07 Å². The fraction of sp³-hybridized carbons (Fsp3) is 0. The summed E-state index contributed by atoms with van der Waals surface area (Å²) in [5, 5.41) is 8.35. The zero-order chi connectivity index (χ0) is 10.9. The van der Waals surface area contributed by atoms with Crippen molar-refractivity contribution >= 4 is 19.7 Å². The summed E-state index contributed by atoms with van der Waals surface area (Å²) >= 11 is 0. The zero-order valence-corrected chi connectivity index (χ0v) is 8.03. The number of rotatable bonds is 1. The minimum atomic E-state index is -4.53. The van der Waals surface area contributed by atoms with Gasteiger partial charge in [0.05, 0.1) is 5.56 Å². The molecule has 1 aromatic rings. The van der Waals surface area contributed by atoms with Crippen LogP contribution in [0.5, 0.6) is 0 Å². The van der Waals surface area contributed by atoms with Crippen molar-refractivity contribution in [1.82, 2.24) is 0 Å². The van der Waals surface area contributed by atoms with Crippen LogP contribution < -0.4 is 0 Å². The SMILES string of the molecule is N#Cc1ccc(F)c(S(=O)(=O)Cl)c1F. The second kappa shape index (κ2) is 3.52. The maximum Gasteiger partial charge on any atom is 0.267 e. The van der Waals surface area contributed by atoms with Crippen LogP contribution >= 0.6 is 10.7 Å². The van der Waals surface area contributed by atoms with Crippen molar-refractivity contribution < 1.29 is 17.2 Å². The third-order valence-corrected chi connectivity index (χ3v) is 2.74. The van der Waals surface area contributed by atoms with E-state index in [-0.39, 0.29) is 0 Å². The van der Waals surface area contributed by atoms with Gasteiger partial charge in [-0.15, -0.1) is 0 Å². The highest BCUT2D eigenvalue weighted by atomic mass is 35.7. The Labute approximate surface area is 83.0 Å². The van der Waals surface area contributed by atoms with Crippen molar-refractivity contribution in [2.75, 3.05) is 0 Å². The number of nitrogens with zero attached hydrogens (tertiary/aromatic N) is 1. The smallest absolute Gasteiger partial charge is 0.207 e. The summed E-state index contributed by atoms with van der Waals surface area (Å²) in [6.07, 6.45) is 0. The van der Waals surface area contributed by atoms with E-state index in [4.69, 9.17) is 15.9 Å². The summed E-state index contributed by atoms with van der Waals surface area (Å²) in [6, 6.07) is 2.86. The van der Waals surface area contributed by atoms with Gasteiger partial charge in [0.25, 0.3) is 9.05 Å². The van der Waals surface area contributed by atoms with E-state index >= 15 is 0 Å². The van der Waals surface area contributed by atoms with Gasteiger partial charge in [-0.05, 0) is 12.1 Å². The maximum absolute atomic E-state index is 13.1. The Morgan fingerprint density at radius 3 is 2.36 bits per heavy atom. The van der Waals surface area contributed by atoms with E-state index in [2.05, 4.69) is 0 Å². The van der Waals surface area contributed by atoms with Crippen LogP contribution in [-0.2, 0) is 9.05 Å². The van der Waals surface area contributed by atoms with Crippen LogP contribution in [0.2, 0.25) is 0 Å². The zero-order valence-electron chi connectivity index (χ0n) is 6.46. The third-order valence-electron chi connectivity index (χ3n) is 1.41. The molecule has 0 aliphatic carbocycles. The number of hydrogen-bond acceptors (Lipinski definition) is 3. The molecule has 0 N–H and O–H groups in total. The first-order valence-electron chi connectivity index (χ1n) is 3.20. The van der Waals surface area contributed by atoms with Gasteiger partial charge in [-0.1, -0.05) is 0 Å². The molecule has 0 saturated heterocycles. The number of hydrogen-bond donors (Lipinski definition) is 0. The normalized spacial score (nSPS) is 11.0. The summed E-state index contributed by atoms with van der Waals surface area (Å²) in [7, 11) is 0.255. The van der Waals surface area contributed by atoms with E-state index in [1.807, 2.05) is 0 Å². The molecule has 0 atom stereocenters. The molecule has 0 bridgehead atoms. The molecule has 0 saturated carbocycles. The van der Waals surface area contributed by atoms with Crippen molar-refractivity contribution in [3.8, 4) is 6.07 Å². The maximum atomic E-state index is 13.1. The fourth-order valence-corrected chi connectivity index (χ4v) is 1.89. The second-order valence-corrected chi connectivity index (χ2v) is 4.79. The first-order valence-corrected chi connectivity index (χ1v) is 5.51. The van der Waals surface area contributed by atoms with Crippen LogP contribution in [0.25, 0.3) is 0 Å². The average Bonchev–Trinajstić information content (AvgIpc) is 2.02. The van der Waals surface area contributed by atoms with Gasteiger partial charge in [-0.2, -0.15) is 5.26 Å². The summed E-state index contributed by atoms with van der Waals surface area (Å²) in [5.41, 5.74) is -0.578.